The van der Waals surface area contributed by atoms with Gasteiger partial charge in [0.05, 0.1) is 12.1 Å². The quantitative estimate of drug-likeness (QED) is 0.854. The van der Waals surface area contributed by atoms with Gasteiger partial charge in [0.15, 0.2) is 0 Å². The number of nitrogens with two attached hydrogens (primary N) is 1. The summed E-state index contributed by atoms with van der Waals surface area (Å²) in [6.07, 6.45) is 1.17. The maximum absolute atomic E-state index is 12.2. The third-order valence-electron chi connectivity index (χ3n) is 3.67. The highest BCUT2D eigenvalue weighted by Crippen LogP contribution is 2.27. The van der Waals surface area contributed by atoms with Crippen molar-refractivity contribution < 1.29 is 9.32 Å². The maximum atomic E-state index is 12.2. The molecule has 1 aromatic heterocycles. The lowest BCUT2D eigenvalue weighted by molar-refractivity contribution is -0.134. The smallest absolute Gasteiger partial charge is 0.228 e. The third-order valence-corrected chi connectivity index (χ3v) is 3.67. The van der Waals surface area contributed by atoms with Crippen molar-refractivity contribution in [2.45, 2.75) is 39.7 Å². The number of aryl methyl sites for hydroxylation is 1. The van der Waals surface area contributed by atoms with Crippen LogP contribution >= 0.6 is 0 Å². The molecule has 5 nitrogen and oxygen atoms in total. The number of carbonyl (C=O) groups is 1. The number of amides is 1. The summed E-state index contributed by atoms with van der Waals surface area (Å²) in [6, 6.07) is 1.97. The number of nitrogens with zero attached hydrogens (tertiary/aromatic N) is 2. The number of piperidine rings is 1. The standard InChI is InChI=1S/C13H21N3O2/c1-9-6-10(15-18-9)7-12(17)16-5-4-11(14)13(2,3)8-16/h6,11H,4-5,7-8,14H2,1-3H3. The largest absolute Gasteiger partial charge is 0.361 e. The van der Waals surface area contributed by atoms with Crippen LogP contribution in [-0.4, -0.2) is 35.1 Å². The molecule has 1 amide bonds. The number of carbonyl (C=O) groups excluding carboxylic acids is 1. The molecule has 0 radical (unpaired) electrons. The fraction of sp³-hybridized carbons (Fsp3) is 0.692. The zero-order valence-corrected chi connectivity index (χ0v) is 11.3. The van der Waals surface area contributed by atoms with Gasteiger partial charge >= 0.3 is 0 Å². The van der Waals surface area contributed by atoms with Crippen molar-refractivity contribution in [1.82, 2.24) is 10.1 Å². The summed E-state index contributed by atoms with van der Waals surface area (Å²) in [5.41, 5.74) is 6.74. The zero-order valence-electron chi connectivity index (χ0n) is 11.3. The van der Waals surface area contributed by atoms with Crippen LogP contribution in [0.25, 0.3) is 0 Å². The van der Waals surface area contributed by atoms with Gasteiger partial charge in [-0.3, -0.25) is 4.79 Å². The number of likely N-dealkylation sites (tertiary alicyclic amines) is 1. The van der Waals surface area contributed by atoms with Gasteiger partial charge in [-0.25, -0.2) is 0 Å². The Balaban J connectivity index is 1.98. The Hall–Kier alpha value is -1.36. The summed E-state index contributed by atoms with van der Waals surface area (Å²) in [6.45, 7) is 7.49. The summed E-state index contributed by atoms with van der Waals surface area (Å²) < 4.78 is 4.97. The fourth-order valence-corrected chi connectivity index (χ4v) is 2.35. The Morgan fingerprint density at radius 1 is 1.67 bits per heavy atom. The maximum Gasteiger partial charge on any atom is 0.228 e. The van der Waals surface area contributed by atoms with Gasteiger partial charge in [-0.1, -0.05) is 19.0 Å². The minimum Gasteiger partial charge on any atom is -0.361 e. The van der Waals surface area contributed by atoms with Crippen molar-refractivity contribution in [3.05, 3.63) is 17.5 Å². The molecule has 1 saturated heterocycles. The summed E-state index contributed by atoms with van der Waals surface area (Å²) in [5, 5.41) is 3.85. The van der Waals surface area contributed by atoms with Crippen LogP contribution in [0.1, 0.15) is 31.7 Å². The van der Waals surface area contributed by atoms with Crippen molar-refractivity contribution in [2.24, 2.45) is 11.1 Å². The van der Waals surface area contributed by atoms with Gasteiger partial charge in [-0.05, 0) is 18.8 Å². The average molecular weight is 251 g/mol. The highest BCUT2D eigenvalue weighted by molar-refractivity contribution is 5.78. The second-order valence-corrected chi connectivity index (χ2v) is 5.80. The first kappa shape index (κ1) is 13.1. The van der Waals surface area contributed by atoms with Gasteiger partial charge in [0.1, 0.15) is 5.76 Å². The predicted molar refractivity (Wildman–Crippen MR) is 67.9 cm³/mol. The van der Waals surface area contributed by atoms with Gasteiger partial charge < -0.3 is 15.2 Å². The van der Waals surface area contributed by atoms with Crippen molar-refractivity contribution in [2.75, 3.05) is 13.1 Å². The lowest BCUT2D eigenvalue weighted by atomic mass is 9.79. The van der Waals surface area contributed by atoms with Gasteiger partial charge in [0, 0.05) is 25.2 Å². The van der Waals surface area contributed by atoms with Crippen LogP contribution in [-0.2, 0) is 11.2 Å². The Kier molecular flexibility index (Phi) is 3.43. The van der Waals surface area contributed by atoms with E-state index in [9.17, 15) is 4.79 Å². The van der Waals surface area contributed by atoms with E-state index in [1.807, 2.05) is 11.8 Å². The number of hydrogen-bond donors (Lipinski definition) is 1. The Morgan fingerprint density at radius 2 is 2.39 bits per heavy atom. The lowest BCUT2D eigenvalue weighted by Gasteiger charge is -2.42. The Labute approximate surface area is 107 Å². The van der Waals surface area contributed by atoms with E-state index in [-0.39, 0.29) is 17.4 Å². The van der Waals surface area contributed by atoms with Crippen molar-refractivity contribution in [1.29, 1.82) is 0 Å². The average Bonchev–Trinajstić information content (AvgIpc) is 2.68. The van der Waals surface area contributed by atoms with Crippen LogP contribution in [0.5, 0.6) is 0 Å². The van der Waals surface area contributed by atoms with Gasteiger partial charge in [-0.15, -0.1) is 0 Å². The molecule has 0 spiro atoms. The van der Waals surface area contributed by atoms with Crippen LogP contribution in [0.15, 0.2) is 10.6 Å². The summed E-state index contributed by atoms with van der Waals surface area (Å²) >= 11 is 0. The first-order valence-corrected chi connectivity index (χ1v) is 6.34. The van der Waals surface area contributed by atoms with E-state index in [2.05, 4.69) is 19.0 Å². The minimum atomic E-state index is -0.0202. The second-order valence-electron chi connectivity index (χ2n) is 5.80. The topological polar surface area (TPSA) is 72.4 Å². The molecule has 1 aliphatic rings. The molecule has 0 aromatic carbocycles. The van der Waals surface area contributed by atoms with Crippen LogP contribution in [0, 0.1) is 12.3 Å². The molecular formula is C13H21N3O2. The van der Waals surface area contributed by atoms with Crippen molar-refractivity contribution in [3.8, 4) is 0 Å². The van der Waals surface area contributed by atoms with Crippen LogP contribution < -0.4 is 5.73 Å². The predicted octanol–water partition coefficient (Wildman–Crippen LogP) is 1.11. The molecule has 2 rings (SSSR count). The number of rotatable bonds is 2. The number of hydrogen-bond acceptors (Lipinski definition) is 4. The Morgan fingerprint density at radius 3 is 2.94 bits per heavy atom. The molecule has 0 saturated carbocycles. The van der Waals surface area contributed by atoms with Crippen LogP contribution in [0.4, 0.5) is 0 Å². The van der Waals surface area contributed by atoms with Crippen LogP contribution in [0.3, 0.4) is 0 Å². The zero-order chi connectivity index (χ0) is 13.3. The van der Waals surface area contributed by atoms with Gasteiger partial charge in [0.25, 0.3) is 0 Å². The SMILES string of the molecule is Cc1cc(CC(=O)N2CCC(N)C(C)(C)C2)no1. The molecule has 0 bridgehead atoms. The van der Waals surface area contributed by atoms with E-state index >= 15 is 0 Å². The van der Waals surface area contributed by atoms with E-state index in [1.54, 1.807) is 6.07 Å². The van der Waals surface area contributed by atoms with E-state index in [0.29, 0.717) is 18.7 Å². The first-order chi connectivity index (χ1) is 8.38. The van der Waals surface area contributed by atoms with Gasteiger partial charge in [-0.2, -0.15) is 0 Å². The molecular weight excluding hydrogens is 230 g/mol. The molecule has 1 aliphatic heterocycles. The fourth-order valence-electron chi connectivity index (χ4n) is 2.35. The first-order valence-electron chi connectivity index (χ1n) is 6.34. The van der Waals surface area contributed by atoms with Gasteiger partial charge in [0.2, 0.25) is 5.91 Å². The van der Waals surface area contributed by atoms with E-state index in [1.165, 1.54) is 0 Å². The highest BCUT2D eigenvalue weighted by atomic mass is 16.5. The van der Waals surface area contributed by atoms with Crippen molar-refractivity contribution >= 4 is 5.91 Å². The van der Waals surface area contributed by atoms with Crippen molar-refractivity contribution in [3.63, 3.8) is 0 Å². The normalized spacial score (nSPS) is 23.1. The summed E-state index contributed by atoms with van der Waals surface area (Å²) in [4.78, 5) is 14.1. The van der Waals surface area contributed by atoms with E-state index in [0.717, 1.165) is 18.7 Å². The van der Waals surface area contributed by atoms with E-state index in [4.69, 9.17) is 10.3 Å². The summed E-state index contributed by atoms with van der Waals surface area (Å²) in [7, 11) is 0. The monoisotopic (exact) mass is 251 g/mol. The molecule has 100 valence electrons. The molecule has 5 heteroatoms. The lowest BCUT2D eigenvalue weighted by Crippen LogP contribution is -2.54. The molecule has 1 unspecified atom stereocenters. The molecule has 1 atom stereocenters. The van der Waals surface area contributed by atoms with Crippen LogP contribution in [0.2, 0.25) is 0 Å². The second kappa shape index (κ2) is 4.72. The minimum absolute atomic E-state index is 0.0202. The molecule has 1 fully saturated rings. The van der Waals surface area contributed by atoms with E-state index < -0.39 is 0 Å². The summed E-state index contributed by atoms with van der Waals surface area (Å²) in [5.74, 6) is 0.835. The third kappa shape index (κ3) is 2.72. The highest BCUT2D eigenvalue weighted by Gasteiger charge is 2.35. The molecule has 0 aliphatic carbocycles. The molecule has 2 N–H and O–H groups in total. The number of aromatic nitrogens is 1. The Bertz CT molecular complexity index is 439. The molecule has 1 aromatic rings. The molecule has 2 heterocycles. The molecule has 18 heavy (non-hydrogen) atoms.